The summed E-state index contributed by atoms with van der Waals surface area (Å²) in [6.45, 7) is 6.18. The number of hydrogen-bond acceptors (Lipinski definition) is 5. The molecule has 1 rings (SSSR count). The number of nitrogens with zero attached hydrogens (tertiary/aromatic N) is 1. The molecule has 0 aliphatic carbocycles. The maximum atomic E-state index is 11.3. The number of Topliss-reactive ketones (excluding diaryl/α,β-unsaturated/α-hetero) is 1. The molecule has 96 valence electrons. The summed E-state index contributed by atoms with van der Waals surface area (Å²) >= 11 is 0. The second kappa shape index (κ2) is 7.39. The largest absolute Gasteiger partial charge is 0.453 e. The molecule has 7 heteroatoms. The summed E-state index contributed by atoms with van der Waals surface area (Å²) in [6, 6.07) is 0. The van der Waals surface area contributed by atoms with Crippen LogP contribution >= 0.6 is 0 Å². The van der Waals surface area contributed by atoms with Crippen LogP contribution in [0, 0.1) is 5.92 Å². The Kier molecular flexibility index (Phi) is 6.57. The lowest BCUT2D eigenvalue weighted by Crippen LogP contribution is -2.49. The molecule has 1 aliphatic heterocycles. The van der Waals surface area contributed by atoms with Gasteiger partial charge in [0.25, 0.3) is 5.91 Å². The lowest BCUT2D eigenvalue weighted by atomic mass is 9.96. The molecule has 1 fully saturated rings. The molecule has 2 N–H and O–H groups in total. The summed E-state index contributed by atoms with van der Waals surface area (Å²) in [5, 5.41) is 8.40. The number of methoxy groups -OCH3 is 1. The Morgan fingerprint density at radius 2 is 2.12 bits per heavy atom. The van der Waals surface area contributed by atoms with Crippen LogP contribution in [0.2, 0.25) is 0 Å². The fourth-order valence-corrected chi connectivity index (χ4v) is 1.43. The quantitative estimate of drug-likeness (QED) is 0.292. The van der Waals surface area contributed by atoms with E-state index in [2.05, 4.69) is 17.9 Å². The predicted octanol–water partition coefficient (Wildman–Crippen LogP) is -0.0486. The molecule has 0 saturated carbocycles. The molecule has 0 bridgehead atoms. The zero-order valence-electron chi connectivity index (χ0n) is 9.64. The number of piperidine rings is 1. The molecule has 0 aromatic heterocycles. The minimum Gasteiger partial charge on any atom is -0.453 e. The summed E-state index contributed by atoms with van der Waals surface area (Å²) in [4.78, 5) is 34.8. The maximum absolute atomic E-state index is 11.3. The highest BCUT2D eigenvalue weighted by Gasteiger charge is 2.34. The number of likely N-dealkylation sites (tertiary alicyclic amines) is 1. The highest BCUT2D eigenvalue weighted by molar-refractivity contribution is 6.02. The van der Waals surface area contributed by atoms with Gasteiger partial charge in [0.2, 0.25) is 0 Å². The van der Waals surface area contributed by atoms with Gasteiger partial charge in [0.15, 0.2) is 0 Å². The molecule has 0 spiro atoms. The molecule has 0 aromatic rings. The Balaban J connectivity index is 0.00000121. The number of amides is 2. The minimum absolute atomic E-state index is 0.0576. The number of ketones is 1. The topological polar surface area (TPSA) is 95.9 Å². The number of rotatable bonds is 1. The molecule has 2 amide bonds. The van der Waals surface area contributed by atoms with E-state index >= 15 is 0 Å². The van der Waals surface area contributed by atoms with Crippen molar-refractivity contribution in [2.75, 3.05) is 20.2 Å². The van der Waals surface area contributed by atoms with E-state index in [0.29, 0.717) is 0 Å². The molecule has 7 nitrogen and oxygen atoms in total. The summed E-state index contributed by atoms with van der Waals surface area (Å²) in [6.07, 6.45) is -0.495. The average molecular weight is 244 g/mol. The number of nitrogens with one attached hydrogen (secondary N) is 1. The third-order valence-electron chi connectivity index (χ3n) is 2.28. The third kappa shape index (κ3) is 3.87. The fraction of sp³-hybridized carbons (Fsp3) is 0.500. The SMILES string of the molecule is C=C.COC(=O)N1CCC(=O)C(C(=O)NO)C1. The first-order chi connectivity index (χ1) is 8.10. The summed E-state index contributed by atoms with van der Waals surface area (Å²) in [5.41, 5.74) is 1.40. The van der Waals surface area contributed by atoms with Crippen LogP contribution in [0.3, 0.4) is 0 Å². The molecular formula is C10H16N2O5. The van der Waals surface area contributed by atoms with Crippen molar-refractivity contribution in [2.45, 2.75) is 6.42 Å². The van der Waals surface area contributed by atoms with E-state index in [4.69, 9.17) is 5.21 Å². The van der Waals surface area contributed by atoms with E-state index in [1.807, 2.05) is 0 Å². The summed E-state index contributed by atoms with van der Waals surface area (Å²) < 4.78 is 4.47. The molecule has 1 atom stereocenters. The molecule has 1 unspecified atom stereocenters. The van der Waals surface area contributed by atoms with Crippen LogP contribution < -0.4 is 5.48 Å². The lowest BCUT2D eigenvalue weighted by Gasteiger charge is -2.29. The van der Waals surface area contributed by atoms with Crippen LogP contribution in [0.25, 0.3) is 0 Å². The first kappa shape index (κ1) is 15.1. The molecular weight excluding hydrogens is 228 g/mol. The van der Waals surface area contributed by atoms with E-state index in [-0.39, 0.29) is 25.3 Å². The monoisotopic (exact) mass is 244 g/mol. The zero-order valence-corrected chi connectivity index (χ0v) is 9.64. The maximum Gasteiger partial charge on any atom is 0.409 e. The van der Waals surface area contributed by atoms with Crippen LogP contribution in [-0.4, -0.2) is 48.1 Å². The Morgan fingerprint density at radius 3 is 2.59 bits per heavy atom. The third-order valence-corrected chi connectivity index (χ3v) is 2.28. The van der Waals surface area contributed by atoms with Gasteiger partial charge in [-0.3, -0.25) is 14.8 Å². The van der Waals surface area contributed by atoms with E-state index in [1.165, 1.54) is 17.5 Å². The second-order valence-corrected chi connectivity index (χ2v) is 3.16. The van der Waals surface area contributed by atoms with Crippen molar-refractivity contribution in [3.8, 4) is 0 Å². The van der Waals surface area contributed by atoms with Gasteiger partial charge < -0.3 is 9.64 Å². The second-order valence-electron chi connectivity index (χ2n) is 3.16. The van der Waals surface area contributed by atoms with Crippen molar-refractivity contribution >= 4 is 17.8 Å². The first-order valence-corrected chi connectivity index (χ1v) is 4.89. The number of carbonyl (C=O) groups excluding carboxylic acids is 3. The smallest absolute Gasteiger partial charge is 0.409 e. The van der Waals surface area contributed by atoms with Crippen molar-refractivity contribution < 1.29 is 24.3 Å². The highest BCUT2D eigenvalue weighted by atomic mass is 16.5. The van der Waals surface area contributed by atoms with Gasteiger partial charge in [-0.1, -0.05) is 0 Å². The van der Waals surface area contributed by atoms with Crippen LogP contribution in [0.15, 0.2) is 13.2 Å². The van der Waals surface area contributed by atoms with Crippen molar-refractivity contribution in [1.82, 2.24) is 10.4 Å². The van der Waals surface area contributed by atoms with Gasteiger partial charge in [-0.25, -0.2) is 10.3 Å². The summed E-state index contributed by atoms with van der Waals surface area (Å²) in [7, 11) is 1.22. The summed E-state index contributed by atoms with van der Waals surface area (Å²) in [5.74, 6) is -2.10. The first-order valence-electron chi connectivity index (χ1n) is 4.89. The van der Waals surface area contributed by atoms with Gasteiger partial charge in [0.05, 0.1) is 7.11 Å². The number of carbonyl (C=O) groups is 3. The molecule has 0 aromatic carbocycles. The van der Waals surface area contributed by atoms with Gasteiger partial charge in [0, 0.05) is 19.5 Å². The minimum atomic E-state index is -1.01. The molecule has 1 aliphatic rings. The van der Waals surface area contributed by atoms with Crippen LogP contribution in [0.1, 0.15) is 6.42 Å². The van der Waals surface area contributed by atoms with Crippen molar-refractivity contribution in [3.63, 3.8) is 0 Å². The average Bonchev–Trinajstić information content (AvgIpc) is 2.39. The van der Waals surface area contributed by atoms with Crippen LogP contribution in [0.5, 0.6) is 0 Å². The highest BCUT2D eigenvalue weighted by Crippen LogP contribution is 2.13. The molecule has 1 saturated heterocycles. The van der Waals surface area contributed by atoms with Gasteiger partial charge in [-0.15, -0.1) is 13.2 Å². The molecule has 0 radical (unpaired) electrons. The Hall–Kier alpha value is -1.89. The van der Waals surface area contributed by atoms with Crippen molar-refractivity contribution in [2.24, 2.45) is 5.92 Å². The standard InChI is InChI=1S/C8H12N2O5.C2H4/c1-15-8(13)10-3-2-6(11)5(4-10)7(12)9-14;1-2/h5,14H,2-4H2,1H3,(H,9,12);1-2H2. The van der Waals surface area contributed by atoms with Gasteiger partial charge in [0.1, 0.15) is 11.7 Å². The Labute approximate surface area is 99.0 Å². The van der Waals surface area contributed by atoms with Crippen LogP contribution in [0.4, 0.5) is 4.79 Å². The normalized spacial score (nSPS) is 18.8. The van der Waals surface area contributed by atoms with Gasteiger partial charge >= 0.3 is 6.09 Å². The van der Waals surface area contributed by atoms with E-state index in [1.54, 1.807) is 0 Å². The Bertz CT molecular complexity index is 297. The molecule has 1 heterocycles. The number of hydrogen-bond donors (Lipinski definition) is 2. The van der Waals surface area contributed by atoms with Crippen LogP contribution in [-0.2, 0) is 14.3 Å². The van der Waals surface area contributed by atoms with Crippen molar-refractivity contribution in [3.05, 3.63) is 13.2 Å². The van der Waals surface area contributed by atoms with E-state index in [0.717, 1.165) is 0 Å². The lowest BCUT2D eigenvalue weighted by molar-refractivity contribution is -0.142. The Morgan fingerprint density at radius 1 is 1.53 bits per heavy atom. The van der Waals surface area contributed by atoms with Gasteiger partial charge in [-0.05, 0) is 0 Å². The zero-order chi connectivity index (χ0) is 13.4. The van der Waals surface area contributed by atoms with E-state index in [9.17, 15) is 14.4 Å². The fourth-order valence-electron chi connectivity index (χ4n) is 1.43. The number of hydroxylamine groups is 1. The predicted molar refractivity (Wildman–Crippen MR) is 58.3 cm³/mol. The molecule has 17 heavy (non-hydrogen) atoms. The van der Waals surface area contributed by atoms with Gasteiger partial charge in [-0.2, -0.15) is 0 Å². The van der Waals surface area contributed by atoms with Crippen molar-refractivity contribution in [1.29, 1.82) is 0 Å². The van der Waals surface area contributed by atoms with E-state index < -0.39 is 17.9 Å². The number of ether oxygens (including phenoxy) is 1.